The molecule has 10 nitrogen and oxygen atoms in total. The van der Waals surface area contributed by atoms with E-state index in [1.165, 1.54) is 48.5 Å². The number of aryl methyl sites for hydroxylation is 1. The average Bonchev–Trinajstić information content (AvgIpc) is 2.80. The number of nitrogens with two attached hydrogens (primary N) is 1. The van der Waals surface area contributed by atoms with Gasteiger partial charge in [0.1, 0.15) is 11.4 Å². The van der Waals surface area contributed by atoms with E-state index in [0.29, 0.717) is 22.6 Å². The molecule has 0 radical (unpaired) electrons. The number of azo groups is 1. The van der Waals surface area contributed by atoms with Crippen LogP contribution in [0, 0.1) is 17.0 Å². The largest absolute Gasteiger partial charge is 0.507 e. The number of carbonyl (C=O) groups excluding carboxylic acids is 1. The molecular weight excluding hydrogens is 412 g/mol. The Labute approximate surface area is 183 Å². The molecule has 1 amide bonds. The van der Waals surface area contributed by atoms with Gasteiger partial charge >= 0.3 is 0 Å². The molecule has 0 aliphatic rings. The summed E-state index contributed by atoms with van der Waals surface area (Å²) >= 11 is 0. The Kier molecular flexibility index (Phi) is 6.88. The second-order valence-corrected chi connectivity index (χ2v) is 6.74. The number of nitro benzene ring substituents is 1. The Hall–Kier alpha value is -4.57. The van der Waals surface area contributed by atoms with Crippen LogP contribution in [0.15, 0.2) is 82.7 Å². The van der Waals surface area contributed by atoms with Gasteiger partial charge in [-0.2, -0.15) is 10.2 Å². The van der Waals surface area contributed by atoms with Crippen LogP contribution in [-0.2, 0) is 4.79 Å². The number of carbonyl (C=O) groups is 1. The highest BCUT2D eigenvalue weighted by Crippen LogP contribution is 2.28. The molecular formula is C22H20N6O4. The molecule has 3 rings (SSSR count). The van der Waals surface area contributed by atoms with E-state index in [9.17, 15) is 20.0 Å². The van der Waals surface area contributed by atoms with Crippen LogP contribution in [-0.4, -0.2) is 15.9 Å². The van der Waals surface area contributed by atoms with Gasteiger partial charge in [0.05, 0.1) is 16.3 Å². The van der Waals surface area contributed by atoms with E-state index < -0.39 is 10.8 Å². The summed E-state index contributed by atoms with van der Waals surface area (Å²) in [5.41, 5.74) is 4.99. The van der Waals surface area contributed by atoms with E-state index in [-0.39, 0.29) is 17.1 Å². The molecule has 3 aromatic rings. The number of phenolic OH excluding ortho intramolecular Hbond substituents is 1. The number of non-ortho nitro benzene ring substituents is 1. The van der Waals surface area contributed by atoms with Gasteiger partial charge in [-0.15, -0.1) is 0 Å². The zero-order chi connectivity index (χ0) is 23.1. The number of rotatable bonds is 7. The summed E-state index contributed by atoms with van der Waals surface area (Å²) in [6.07, 6.45) is 1.43. The van der Waals surface area contributed by atoms with Crippen LogP contribution >= 0.6 is 0 Å². The first-order valence-electron chi connectivity index (χ1n) is 9.41. The maximum Gasteiger partial charge on any atom is 0.281 e. The van der Waals surface area contributed by atoms with Crippen molar-refractivity contribution in [2.75, 3.05) is 5.32 Å². The predicted molar refractivity (Wildman–Crippen MR) is 120 cm³/mol. The molecule has 0 aliphatic carbocycles. The lowest BCUT2D eigenvalue weighted by Gasteiger charge is -2.11. The first-order chi connectivity index (χ1) is 15.4. The minimum atomic E-state index is -0.581. The Balaban J connectivity index is 1.87. The maximum atomic E-state index is 12.2. The van der Waals surface area contributed by atoms with Crippen molar-refractivity contribution >= 4 is 34.7 Å². The maximum absolute atomic E-state index is 12.2. The van der Waals surface area contributed by atoms with Crippen molar-refractivity contribution in [2.24, 2.45) is 16.1 Å². The molecule has 162 valence electrons. The smallest absolute Gasteiger partial charge is 0.281 e. The molecule has 0 saturated carbocycles. The standard InChI is InChI=1S/C22H20N6O4/c1-14-2-4-16(5-3-14)24-20(22(30)25-23)13-15-12-18(8-11-21(15)29)27-26-17-6-9-19(10-7-17)28(31)32/h2-13,24,29H,23H2,1H3,(H,25,30). The fourth-order valence-electron chi connectivity index (χ4n) is 2.66. The number of hydrazine groups is 1. The fraction of sp³-hybridized carbons (Fsp3) is 0.0455. The second kappa shape index (κ2) is 9.96. The Morgan fingerprint density at radius 3 is 2.28 bits per heavy atom. The number of phenols is 1. The number of nitrogens with one attached hydrogen (secondary N) is 2. The summed E-state index contributed by atoms with van der Waals surface area (Å²) < 4.78 is 0. The molecule has 0 heterocycles. The molecule has 10 heteroatoms. The summed E-state index contributed by atoms with van der Waals surface area (Å²) in [5, 5.41) is 32.1. The van der Waals surface area contributed by atoms with Crippen molar-refractivity contribution in [1.82, 2.24) is 5.43 Å². The van der Waals surface area contributed by atoms with Crippen LogP contribution in [0.1, 0.15) is 11.1 Å². The number of anilines is 1. The van der Waals surface area contributed by atoms with Gasteiger partial charge in [0.15, 0.2) is 0 Å². The number of amides is 1. The minimum absolute atomic E-state index is 0.0483. The van der Waals surface area contributed by atoms with Crippen LogP contribution in [0.3, 0.4) is 0 Å². The SMILES string of the molecule is Cc1ccc(NC(=Cc2cc(N=Nc3ccc([N+](=O)[O-])cc3)ccc2O)C(=O)NN)cc1. The van der Waals surface area contributed by atoms with Crippen molar-refractivity contribution in [3.05, 3.63) is 93.7 Å². The van der Waals surface area contributed by atoms with Crippen LogP contribution in [0.5, 0.6) is 5.75 Å². The zero-order valence-corrected chi connectivity index (χ0v) is 17.0. The second-order valence-electron chi connectivity index (χ2n) is 6.74. The topological polar surface area (TPSA) is 155 Å². The van der Waals surface area contributed by atoms with Crippen molar-refractivity contribution < 1.29 is 14.8 Å². The molecule has 0 aliphatic heterocycles. The molecule has 0 bridgehead atoms. The quantitative estimate of drug-likeness (QED) is 0.108. The Morgan fingerprint density at radius 2 is 1.66 bits per heavy atom. The monoisotopic (exact) mass is 432 g/mol. The van der Waals surface area contributed by atoms with Gasteiger partial charge in [0, 0.05) is 23.4 Å². The molecule has 0 atom stereocenters. The lowest BCUT2D eigenvalue weighted by molar-refractivity contribution is -0.384. The third-order valence-electron chi connectivity index (χ3n) is 4.36. The highest BCUT2D eigenvalue weighted by molar-refractivity contribution is 6.00. The first kappa shape index (κ1) is 22.1. The molecule has 0 saturated heterocycles. The summed E-state index contributed by atoms with van der Waals surface area (Å²) in [4.78, 5) is 22.5. The predicted octanol–water partition coefficient (Wildman–Crippen LogP) is 4.47. The molecule has 0 spiro atoms. The van der Waals surface area contributed by atoms with Crippen LogP contribution < -0.4 is 16.6 Å². The number of hydrogen-bond acceptors (Lipinski definition) is 8. The minimum Gasteiger partial charge on any atom is -0.507 e. The van der Waals surface area contributed by atoms with Gasteiger partial charge in [-0.25, -0.2) is 5.84 Å². The third-order valence-corrected chi connectivity index (χ3v) is 4.36. The van der Waals surface area contributed by atoms with E-state index in [4.69, 9.17) is 5.84 Å². The van der Waals surface area contributed by atoms with Gasteiger partial charge in [-0.05, 0) is 55.5 Å². The highest BCUT2D eigenvalue weighted by atomic mass is 16.6. The van der Waals surface area contributed by atoms with Gasteiger partial charge in [-0.3, -0.25) is 20.3 Å². The molecule has 32 heavy (non-hydrogen) atoms. The van der Waals surface area contributed by atoms with E-state index in [1.54, 1.807) is 0 Å². The third kappa shape index (κ3) is 5.74. The molecule has 0 aromatic heterocycles. The van der Waals surface area contributed by atoms with Crippen molar-refractivity contribution in [3.63, 3.8) is 0 Å². The van der Waals surface area contributed by atoms with E-state index in [2.05, 4.69) is 21.0 Å². The number of hydrogen-bond donors (Lipinski definition) is 4. The molecule has 5 N–H and O–H groups in total. The first-order valence-corrected chi connectivity index (χ1v) is 9.41. The molecule has 3 aromatic carbocycles. The number of benzene rings is 3. The number of nitrogens with zero attached hydrogens (tertiary/aromatic N) is 3. The van der Waals surface area contributed by atoms with E-state index in [1.807, 2.05) is 31.2 Å². The normalized spacial score (nSPS) is 11.4. The number of nitro groups is 1. The molecule has 0 unspecified atom stereocenters. The van der Waals surface area contributed by atoms with Gasteiger partial charge in [0.2, 0.25) is 0 Å². The average molecular weight is 432 g/mol. The summed E-state index contributed by atoms with van der Waals surface area (Å²) in [5.74, 6) is 4.64. The van der Waals surface area contributed by atoms with Gasteiger partial charge in [0.25, 0.3) is 11.6 Å². The van der Waals surface area contributed by atoms with Gasteiger partial charge < -0.3 is 10.4 Å². The lowest BCUT2D eigenvalue weighted by atomic mass is 10.1. The van der Waals surface area contributed by atoms with E-state index >= 15 is 0 Å². The fourth-order valence-corrected chi connectivity index (χ4v) is 2.66. The Morgan fingerprint density at radius 1 is 1.03 bits per heavy atom. The van der Waals surface area contributed by atoms with Gasteiger partial charge in [-0.1, -0.05) is 17.7 Å². The zero-order valence-electron chi connectivity index (χ0n) is 17.0. The summed E-state index contributed by atoms with van der Waals surface area (Å²) in [7, 11) is 0. The Bertz CT molecular complexity index is 1190. The highest BCUT2D eigenvalue weighted by Gasteiger charge is 2.11. The van der Waals surface area contributed by atoms with Crippen molar-refractivity contribution in [1.29, 1.82) is 0 Å². The number of aromatic hydroxyl groups is 1. The van der Waals surface area contributed by atoms with Crippen molar-refractivity contribution in [3.8, 4) is 5.75 Å². The van der Waals surface area contributed by atoms with Crippen molar-refractivity contribution in [2.45, 2.75) is 6.92 Å². The van der Waals surface area contributed by atoms with Crippen LogP contribution in [0.2, 0.25) is 0 Å². The lowest BCUT2D eigenvalue weighted by Crippen LogP contribution is -2.33. The summed E-state index contributed by atoms with van der Waals surface area (Å²) in [6.45, 7) is 1.95. The van der Waals surface area contributed by atoms with Crippen LogP contribution in [0.25, 0.3) is 6.08 Å². The summed E-state index contributed by atoms with van der Waals surface area (Å²) in [6, 6.07) is 17.5. The van der Waals surface area contributed by atoms with Crippen LogP contribution in [0.4, 0.5) is 22.7 Å². The van der Waals surface area contributed by atoms with E-state index in [0.717, 1.165) is 5.56 Å². The molecule has 0 fully saturated rings.